The molecule has 0 spiro atoms. The molecule has 196 valence electrons. The van der Waals surface area contributed by atoms with Crippen molar-refractivity contribution in [2.24, 2.45) is 32.5 Å². The van der Waals surface area contributed by atoms with E-state index in [4.69, 9.17) is 0 Å². The highest BCUT2D eigenvalue weighted by Crippen LogP contribution is 2.52. The lowest BCUT2D eigenvalue weighted by Crippen LogP contribution is -2.35. The Bertz CT molecular complexity index is 754. The largest absolute Gasteiger partial charge is 0.103 e. The first-order chi connectivity index (χ1) is 15.2. The monoisotopic (exact) mass is 468 g/mol. The second-order valence-electron chi connectivity index (χ2n) is 15.3. The van der Waals surface area contributed by atoms with E-state index in [1.807, 2.05) is 0 Å². The third kappa shape index (κ3) is 7.73. The van der Waals surface area contributed by atoms with E-state index in [0.29, 0.717) is 22.2 Å². The molecule has 0 saturated carbocycles. The van der Waals surface area contributed by atoms with Crippen LogP contribution < -0.4 is 0 Å². The summed E-state index contributed by atoms with van der Waals surface area (Å²) in [6.07, 6.45) is 9.61. The van der Waals surface area contributed by atoms with Gasteiger partial charge in [-0.2, -0.15) is 0 Å². The summed E-state index contributed by atoms with van der Waals surface area (Å²) in [6.45, 7) is 35.9. The van der Waals surface area contributed by atoms with E-state index in [9.17, 15) is 0 Å². The molecule has 0 amide bonds. The van der Waals surface area contributed by atoms with Crippen molar-refractivity contribution in [1.82, 2.24) is 0 Å². The van der Waals surface area contributed by atoms with Crippen LogP contribution in [0.1, 0.15) is 140 Å². The molecular weight excluding hydrogens is 408 g/mol. The maximum atomic E-state index is 4.14. The molecule has 0 aromatic heterocycles. The van der Waals surface area contributed by atoms with Gasteiger partial charge in [-0.05, 0) is 76.1 Å². The maximum absolute atomic E-state index is 4.14. The van der Waals surface area contributed by atoms with Gasteiger partial charge in [0.1, 0.15) is 0 Å². The number of rotatable bonds is 14. The van der Waals surface area contributed by atoms with Crippen LogP contribution in [0.2, 0.25) is 0 Å². The lowest BCUT2D eigenvalue weighted by molar-refractivity contribution is 0.0665. The van der Waals surface area contributed by atoms with Gasteiger partial charge < -0.3 is 0 Å². The molecule has 1 rings (SSSR count). The standard InChI is InChI=1S/C34H60/c1-15-31(7,8)33(11,12)24-22-29(3,4)26-28(27-20-18-17-19-21-27)30(5,6)23-25-34(13,14)32(9,10)16-2/h16-21,28H,2,15,22-26H2,1,3-14H3. The molecule has 0 nitrogen and oxygen atoms in total. The van der Waals surface area contributed by atoms with Crippen LogP contribution >= 0.6 is 0 Å². The van der Waals surface area contributed by atoms with Crippen LogP contribution in [0.15, 0.2) is 43.0 Å². The SMILES string of the molecule is C=CC(C)(C)C(C)(C)CCC(C)(C)C(CC(C)(C)CCC(C)(C)C(C)(C)CC)c1ccccc1. The van der Waals surface area contributed by atoms with Crippen molar-refractivity contribution in [3.05, 3.63) is 48.6 Å². The number of allylic oxidation sites excluding steroid dienone is 1. The zero-order chi connectivity index (χ0) is 26.6. The average Bonchev–Trinajstić information content (AvgIpc) is 2.75. The van der Waals surface area contributed by atoms with Crippen molar-refractivity contribution in [2.45, 2.75) is 134 Å². The van der Waals surface area contributed by atoms with E-state index in [2.05, 4.69) is 133 Å². The fraction of sp³-hybridized carbons (Fsp3) is 0.765. The smallest absolute Gasteiger partial charge is 0.0106 e. The summed E-state index contributed by atoms with van der Waals surface area (Å²) in [4.78, 5) is 0. The fourth-order valence-electron chi connectivity index (χ4n) is 5.06. The molecule has 0 bridgehead atoms. The zero-order valence-electron chi connectivity index (χ0n) is 25.5. The van der Waals surface area contributed by atoms with Gasteiger partial charge in [-0.1, -0.05) is 133 Å². The van der Waals surface area contributed by atoms with Crippen LogP contribution in [0, 0.1) is 32.5 Å². The van der Waals surface area contributed by atoms with Crippen molar-refractivity contribution < 1.29 is 0 Å². The summed E-state index contributed by atoms with van der Waals surface area (Å²) in [5.74, 6) is 0.550. The Kier molecular flexibility index (Phi) is 9.96. The second-order valence-corrected chi connectivity index (χ2v) is 15.3. The van der Waals surface area contributed by atoms with Gasteiger partial charge in [0, 0.05) is 0 Å². The summed E-state index contributed by atoms with van der Waals surface area (Å²) in [7, 11) is 0. The number of hydrogen-bond acceptors (Lipinski definition) is 0. The highest BCUT2D eigenvalue weighted by Gasteiger charge is 2.41. The van der Waals surface area contributed by atoms with Gasteiger partial charge >= 0.3 is 0 Å². The molecule has 0 aliphatic carbocycles. The van der Waals surface area contributed by atoms with Crippen LogP contribution in [0.4, 0.5) is 0 Å². The topological polar surface area (TPSA) is 0 Å². The molecule has 1 unspecified atom stereocenters. The molecule has 0 radical (unpaired) electrons. The molecule has 0 heteroatoms. The Morgan fingerprint density at radius 2 is 1.18 bits per heavy atom. The Hall–Kier alpha value is -1.04. The molecule has 0 N–H and O–H groups in total. The zero-order valence-corrected chi connectivity index (χ0v) is 25.5. The van der Waals surface area contributed by atoms with Gasteiger partial charge in [0.05, 0.1) is 0 Å². The number of hydrogen-bond donors (Lipinski definition) is 0. The van der Waals surface area contributed by atoms with Gasteiger partial charge in [-0.15, -0.1) is 6.58 Å². The van der Waals surface area contributed by atoms with E-state index in [1.54, 1.807) is 0 Å². The van der Waals surface area contributed by atoms with Crippen molar-refractivity contribution in [3.8, 4) is 0 Å². The van der Waals surface area contributed by atoms with Crippen molar-refractivity contribution in [1.29, 1.82) is 0 Å². The number of benzene rings is 1. The summed E-state index contributed by atoms with van der Waals surface area (Å²) in [5, 5.41) is 0. The van der Waals surface area contributed by atoms with Crippen LogP contribution in [-0.4, -0.2) is 0 Å². The minimum atomic E-state index is 0.127. The molecule has 0 saturated heterocycles. The highest BCUT2D eigenvalue weighted by molar-refractivity contribution is 5.22. The Morgan fingerprint density at radius 1 is 0.676 bits per heavy atom. The molecule has 0 aliphatic heterocycles. The van der Waals surface area contributed by atoms with Crippen molar-refractivity contribution in [3.63, 3.8) is 0 Å². The summed E-state index contributed by atoms with van der Waals surface area (Å²) < 4.78 is 0. The quantitative estimate of drug-likeness (QED) is 0.238. The third-order valence-electron chi connectivity index (χ3n) is 10.7. The van der Waals surface area contributed by atoms with Crippen LogP contribution in [-0.2, 0) is 0 Å². The molecule has 0 heterocycles. The third-order valence-corrected chi connectivity index (χ3v) is 10.7. The van der Waals surface area contributed by atoms with Gasteiger partial charge in [-0.25, -0.2) is 0 Å². The van der Waals surface area contributed by atoms with E-state index >= 15 is 0 Å². The molecule has 0 aliphatic rings. The molecule has 34 heavy (non-hydrogen) atoms. The normalized spacial score (nSPS) is 15.3. The molecule has 1 aromatic rings. The van der Waals surface area contributed by atoms with Gasteiger partial charge in [-0.3, -0.25) is 0 Å². The Balaban J connectivity index is 3.15. The summed E-state index contributed by atoms with van der Waals surface area (Å²) in [6, 6.07) is 11.3. The van der Waals surface area contributed by atoms with Gasteiger partial charge in [0.15, 0.2) is 0 Å². The first kappa shape index (κ1) is 31.0. The van der Waals surface area contributed by atoms with Crippen LogP contribution in [0.25, 0.3) is 0 Å². The predicted molar refractivity (Wildman–Crippen MR) is 155 cm³/mol. The lowest BCUT2D eigenvalue weighted by atomic mass is 9.59. The lowest BCUT2D eigenvalue weighted by Gasteiger charge is -2.46. The summed E-state index contributed by atoms with van der Waals surface area (Å²) >= 11 is 0. The highest BCUT2D eigenvalue weighted by atomic mass is 14.5. The second kappa shape index (κ2) is 10.9. The molecular formula is C34H60. The fourth-order valence-corrected chi connectivity index (χ4v) is 5.06. The van der Waals surface area contributed by atoms with Crippen molar-refractivity contribution in [2.75, 3.05) is 0 Å². The van der Waals surface area contributed by atoms with Gasteiger partial charge in [0.2, 0.25) is 0 Å². The summed E-state index contributed by atoms with van der Waals surface area (Å²) in [5.41, 5.74) is 3.09. The predicted octanol–water partition coefficient (Wildman–Crippen LogP) is 11.5. The first-order valence-corrected chi connectivity index (χ1v) is 13.9. The molecule has 1 atom stereocenters. The maximum Gasteiger partial charge on any atom is -0.0106 e. The van der Waals surface area contributed by atoms with E-state index in [0.717, 1.165) is 0 Å². The molecule has 0 fully saturated rings. The van der Waals surface area contributed by atoms with E-state index in [1.165, 1.54) is 44.1 Å². The minimum absolute atomic E-state index is 0.127. The first-order valence-electron chi connectivity index (χ1n) is 13.9. The van der Waals surface area contributed by atoms with E-state index < -0.39 is 0 Å². The van der Waals surface area contributed by atoms with Crippen LogP contribution in [0.3, 0.4) is 0 Å². The van der Waals surface area contributed by atoms with Gasteiger partial charge in [0.25, 0.3) is 0 Å². The minimum Gasteiger partial charge on any atom is -0.103 e. The Labute approximate surface area is 215 Å². The molecule has 1 aromatic carbocycles. The Morgan fingerprint density at radius 3 is 1.65 bits per heavy atom. The van der Waals surface area contributed by atoms with Crippen LogP contribution in [0.5, 0.6) is 0 Å². The van der Waals surface area contributed by atoms with E-state index in [-0.39, 0.29) is 16.2 Å². The average molecular weight is 469 g/mol. The van der Waals surface area contributed by atoms with Crippen molar-refractivity contribution >= 4 is 0 Å².